The zero-order valence-corrected chi connectivity index (χ0v) is 12.6. The number of carbonyl (C=O) groups is 1. The number of hydrogen-bond donors (Lipinski definition) is 2. The first-order valence-electron chi connectivity index (χ1n) is 7.67. The molecular weight excluding hydrogens is 262 g/mol. The molecule has 2 unspecified atom stereocenters. The van der Waals surface area contributed by atoms with Crippen molar-refractivity contribution in [2.45, 2.75) is 45.1 Å². The Balaban J connectivity index is 1.90. The van der Waals surface area contributed by atoms with Crippen LogP contribution in [0, 0.1) is 18.3 Å². The zero-order valence-electron chi connectivity index (χ0n) is 12.6. The Bertz CT molecular complexity index is 504. The molecule has 0 spiro atoms. The lowest BCUT2D eigenvalue weighted by molar-refractivity contribution is 0.0958. The molecule has 0 aliphatic heterocycles. The Morgan fingerprint density at radius 2 is 2.33 bits per heavy atom. The maximum atomic E-state index is 11.7. The van der Waals surface area contributed by atoms with Crippen molar-refractivity contribution in [2.24, 2.45) is 5.92 Å². The van der Waals surface area contributed by atoms with E-state index in [1.165, 1.54) is 32.1 Å². The molecule has 4 nitrogen and oxygen atoms in total. The molecule has 21 heavy (non-hydrogen) atoms. The largest absolute Gasteiger partial charge is 0.367 e. The van der Waals surface area contributed by atoms with Gasteiger partial charge in [0.1, 0.15) is 5.82 Å². The van der Waals surface area contributed by atoms with E-state index >= 15 is 0 Å². The van der Waals surface area contributed by atoms with Gasteiger partial charge in [0.2, 0.25) is 0 Å². The molecule has 1 fully saturated rings. The van der Waals surface area contributed by atoms with Crippen LogP contribution in [-0.2, 0) is 0 Å². The molecule has 1 aromatic rings. The number of pyridine rings is 1. The smallest absolute Gasteiger partial charge is 0.253 e. The average molecular weight is 285 g/mol. The second-order valence-electron chi connectivity index (χ2n) is 5.60. The number of nitrogens with zero attached hydrogens (tertiary/aromatic N) is 1. The van der Waals surface area contributed by atoms with Gasteiger partial charge in [0.25, 0.3) is 5.91 Å². The minimum Gasteiger partial charge on any atom is -0.367 e. The SMILES string of the molecule is C#CCNC(=O)c1ccc(NC2CCCC(CC)C2)nc1. The van der Waals surface area contributed by atoms with E-state index in [-0.39, 0.29) is 12.5 Å². The van der Waals surface area contributed by atoms with Crippen molar-refractivity contribution in [3.63, 3.8) is 0 Å². The van der Waals surface area contributed by atoms with Crippen LogP contribution in [0.3, 0.4) is 0 Å². The average Bonchev–Trinajstić information content (AvgIpc) is 2.53. The lowest BCUT2D eigenvalue weighted by Gasteiger charge is -2.29. The van der Waals surface area contributed by atoms with Gasteiger partial charge in [-0.15, -0.1) is 6.42 Å². The molecule has 0 saturated heterocycles. The van der Waals surface area contributed by atoms with Crippen LogP contribution in [0.25, 0.3) is 0 Å². The third-order valence-electron chi connectivity index (χ3n) is 4.09. The summed E-state index contributed by atoms with van der Waals surface area (Å²) in [5, 5.41) is 6.11. The number of terminal acetylenes is 1. The van der Waals surface area contributed by atoms with Gasteiger partial charge in [-0.1, -0.05) is 32.1 Å². The Kier molecular flexibility index (Phi) is 5.62. The number of amides is 1. The quantitative estimate of drug-likeness (QED) is 0.818. The number of nitrogens with one attached hydrogen (secondary N) is 2. The topological polar surface area (TPSA) is 54.0 Å². The van der Waals surface area contributed by atoms with Crippen molar-refractivity contribution in [1.29, 1.82) is 0 Å². The highest BCUT2D eigenvalue weighted by Gasteiger charge is 2.20. The van der Waals surface area contributed by atoms with Crippen molar-refractivity contribution < 1.29 is 4.79 Å². The van der Waals surface area contributed by atoms with E-state index < -0.39 is 0 Å². The highest BCUT2D eigenvalue weighted by Crippen LogP contribution is 2.28. The summed E-state index contributed by atoms with van der Waals surface area (Å²) < 4.78 is 0. The van der Waals surface area contributed by atoms with Gasteiger partial charge in [-0.05, 0) is 30.9 Å². The fourth-order valence-corrected chi connectivity index (χ4v) is 2.85. The van der Waals surface area contributed by atoms with Crippen LogP contribution in [0.15, 0.2) is 18.3 Å². The molecule has 1 saturated carbocycles. The van der Waals surface area contributed by atoms with Crippen LogP contribution in [0.5, 0.6) is 0 Å². The first kappa shape index (κ1) is 15.4. The van der Waals surface area contributed by atoms with Gasteiger partial charge in [-0.25, -0.2) is 4.98 Å². The van der Waals surface area contributed by atoms with Crippen LogP contribution in [0.4, 0.5) is 5.82 Å². The fourth-order valence-electron chi connectivity index (χ4n) is 2.85. The van der Waals surface area contributed by atoms with Crippen molar-refractivity contribution >= 4 is 11.7 Å². The molecule has 0 aromatic carbocycles. The molecule has 2 N–H and O–H groups in total. The van der Waals surface area contributed by atoms with Crippen molar-refractivity contribution in [1.82, 2.24) is 10.3 Å². The summed E-state index contributed by atoms with van der Waals surface area (Å²) >= 11 is 0. The molecule has 1 heterocycles. The molecule has 0 radical (unpaired) electrons. The first-order chi connectivity index (χ1) is 10.2. The van der Waals surface area contributed by atoms with Gasteiger partial charge in [-0.2, -0.15) is 0 Å². The number of hydrogen-bond acceptors (Lipinski definition) is 3. The number of aromatic nitrogens is 1. The molecule has 1 amide bonds. The molecule has 112 valence electrons. The monoisotopic (exact) mass is 285 g/mol. The van der Waals surface area contributed by atoms with E-state index in [0.717, 1.165) is 11.7 Å². The van der Waals surface area contributed by atoms with Crippen molar-refractivity contribution in [3.05, 3.63) is 23.9 Å². The van der Waals surface area contributed by atoms with Crippen LogP contribution in [-0.4, -0.2) is 23.5 Å². The standard InChI is InChI=1S/C17H23N3O/c1-3-10-18-17(21)14-8-9-16(19-12-14)20-15-7-5-6-13(4-2)11-15/h1,8-9,12-13,15H,4-7,10-11H2,2H3,(H,18,21)(H,19,20). The van der Waals surface area contributed by atoms with E-state index in [0.29, 0.717) is 11.6 Å². The van der Waals surface area contributed by atoms with Gasteiger partial charge < -0.3 is 10.6 Å². The Hall–Kier alpha value is -2.02. The molecule has 0 bridgehead atoms. The van der Waals surface area contributed by atoms with Crippen molar-refractivity contribution in [2.75, 3.05) is 11.9 Å². The zero-order chi connectivity index (χ0) is 15.1. The van der Waals surface area contributed by atoms with Crippen LogP contribution < -0.4 is 10.6 Å². The van der Waals surface area contributed by atoms with E-state index in [2.05, 4.69) is 28.5 Å². The molecule has 1 aliphatic carbocycles. The first-order valence-corrected chi connectivity index (χ1v) is 7.67. The summed E-state index contributed by atoms with van der Waals surface area (Å²) in [5.74, 6) is 3.86. The van der Waals surface area contributed by atoms with Crippen LogP contribution in [0.2, 0.25) is 0 Å². The minimum absolute atomic E-state index is 0.185. The number of anilines is 1. The highest BCUT2D eigenvalue weighted by molar-refractivity contribution is 5.94. The third kappa shape index (κ3) is 4.49. The summed E-state index contributed by atoms with van der Waals surface area (Å²) in [5.41, 5.74) is 0.533. The molecule has 1 aromatic heterocycles. The van der Waals surface area contributed by atoms with Crippen LogP contribution in [0.1, 0.15) is 49.4 Å². The number of rotatable bonds is 5. The summed E-state index contributed by atoms with van der Waals surface area (Å²) in [4.78, 5) is 16.0. The van der Waals surface area contributed by atoms with E-state index in [1.807, 2.05) is 6.07 Å². The van der Waals surface area contributed by atoms with Gasteiger partial charge in [0.05, 0.1) is 12.1 Å². The molecule has 4 heteroatoms. The van der Waals surface area contributed by atoms with E-state index in [1.54, 1.807) is 12.3 Å². The highest BCUT2D eigenvalue weighted by atomic mass is 16.1. The molecule has 1 aliphatic rings. The van der Waals surface area contributed by atoms with E-state index in [9.17, 15) is 4.79 Å². The summed E-state index contributed by atoms with van der Waals surface area (Å²) in [6.07, 6.45) is 13.0. The molecule has 2 rings (SSSR count). The second-order valence-corrected chi connectivity index (χ2v) is 5.60. The van der Waals surface area contributed by atoms with Gasteiger partial charge in [0, 0.05) is 12.2 Å². The van der Waals surface area contributed by atoms with Gasteiger partial charge in [-0.3, -0.25) is 4.79 Å². The Morgan fingerprint density at radius 3 is 3.00 bits per heavy atom. The molecule has 2 atom stereocenters. The summed E-state index contributed by atoms with van der Waals surface area (Å²) in [6, 6.07) is 4.14. The maximum Gasteiger partial charge on any atom is 0.253 e. The fraction of sp³-hybridized carbons (Fsp3) is 0.529. The van der Waals surface area contributed by atoms with Gasteiger partial charge in [0.15, 0.2) is 0 Å². The normalized spacial score (nSPS) is 21.3. The maximum absolute atomic E-state index is 11.7. The van der Waals surface area contributed by atoms with Gasteiger partial charge >= 0.3 is 0 Å². The predicted molar refractivity (Wildman–Crippen MR) is 85.1 cm³/mol. The lowest BCUT2D eigenvalue weighted by Crippen LogP contribution is -2.27. The van der Waals surface area contributed by atoms with E-state index in [4.69, 9.17) is 6.42 Å². The van der Waals surface area contributed by atoms with Crippen LogP contribution >= 0.6 is 0 Å². The predicted octanol–water partition coefficient (Wildman–Crippen LogP) is 2.83. The van der Waals surface area contributed by atoms with Crippen molar-refractivity contribution in [3.8, 4) is 12.3 Å². The third-order valence-corrected chi connectivity index (χ3v) is 4.09. The Labute approximate surface area is 126 Å². The summed E-state index contributed by atoms with van der Waals surface area (Å²) in [6.45, 7) is 2.49. The summed E-state index contributed by atoms with van der Waals surface area (Å²) in [7, 11) is 0. The minimum atomic E-state index is -0.185. The lowest BCUT2D eigenvalue weighted by atomic mass is 9.84. The Morgan fingerprint density at radius 1 is 1.48 bits per heavy atom. The second kappa shape index (κ2) is 7.68. The molecular formula is C17H23N3O. The number of carbonyl (C=O) groups excluding carboxylic acids is 1.